The molecule has 0 atom stereocenters. The summed E-state index contributed by atoms with van der Waals surface area (Å²) in [5.74, 6) is -0.623. The van der Waals surface area contributed by atoms with Crippen LogP contribution in [0.25, 0.3) is 11.3 Å². The molecular weight excluding hydrogens is 364 g/mol. The van der Waals surface area contributed by atoms with E-state index in [-0.39, 0.29) is 11.3 Å². The number of nitrogens with one attached hydrogen (secondary N) is 1. The summed E-state index contributed by atoms with van der Waals surface area (Å²) in [6.45, 7) is 2.71. The minimum Gasteiger partial charge on any atom is -0.506 e. The fraction of sp³-hybridized carbons (Fsp3) is 0.333. The molecule has 2 N–H and O–H groups in total. The number of hydrogen-bond donors (Lipinski definition) is 2. The van der Waals surface area contributed by atoms with E-state index in [1.807, 2.05) is 6.07 Å². The van der Waals surface area contributed by atoms with Gasteiger partial charge >= 0.3 is 6.03 Å². The van der Waals surface area contributed by atoms with Gasteiger partial charge in [0.2, 0.25) is 0 Å². The minimum absolute atomic E-state index is 0.116. The fourth-order valence-electron chi connectivity index (χ4n) is 3.57. The number of fused-ring (bicyclic) bond motifs is 1. The minimum atomic E-state index is -0.506. The van der Waals surface area contributed by atoms with Crippen LogP contribution in [0, 0.1) is 0 Å². The topological polar surface area (TPSA) is 69.6 Å². The normalized spacial score (nSPS) is 14.7. The summed E-state index contributed by atoms with van der Waals surface area (Å²) in [5.41, 5.74) is 1.76. The Morgan fingerprint density at radius 3 is 2.34 bits per heavy atom. The van der Waals surface area contributed by atoms with Crippen LogP contribution < -0.4 is 10.2 Å². The van der Waals surface area contributed by atoms with E-state index >= 15 is 0 Å². The molecular formula is C24H28N2O3. The van der Waals surface area contributed by atoms with Crippen LogP contribution in [0.15, 0.2) is 54.6 Å². The number of amides is 3. The zero-order chi connectivity index (χ0) is 20.6. The lowest BCUT2D eigenvalue weighted by atomic mass is 10.0. The van der Waals surface area contributed by atoms with E-state index in [1.54, 1.807) is 48.5 Å². The molecule has 5 nitrogen and oxygen atoms in total. The van der Waals surface area contributed by atoms with Gasteiger partial charge in [-0.3, -0.25) is 4.79 Å². The molecule has 5 heteroatoms. The third-order valence-electron chi connectivity index (χ3n) is 5.12. The Hall–Kier alpha value is -3.08. The second-order valence-corrected chi connectivity index (χ2v) is 7.25. The highest BCUT2D eigenvalue weighted by Crippen LogP contribution is 2.39. The van der Waals surface area contributed by atoms with Crippen molar-refractivity contribution >= 4 is 29.0 Å². The zero-order valence-electron chi connectivity index (χ0n) is 16.9. The summed E-state index contributed by atoms with van der Waals surface area (Å²) in [6, 6.07) is 15.5. The van der Waals surface area contributed by atoms with Crippen molar-refractivity contribution in [3.63, 3.8) is 0 Å². The van der Waals surface area contributed by atoms with Gasteiger partial charge in [-0.05, 0) is 12.5 Å². The largest absolute Gasteiger partial charge is 0.506 e. The average molecular weight is 392 g/mol. The molecule has 2 aromatic rings. The predicted octanol–water partition coefficient (Wildman–Crippen LogP) is 5.53. The van der Waals surface area contributed by atoms with Crippen LogP contribution in [0.3, 0.4) is 0 Å². The van der Waals surface area contributed by atoms with E-state index in [4.69, 9.17) is 0 Å². The number of unbranched alkanes of at least 4 members (excludes halogenated alkanes) is 5. The predicted molar refractivity (Wildman–Crippen MR) is 117 cm³/mol. The number of carbonyl (C=O) groups is 2. The molecule has 1 heterocycles. The molecule has 3 rings (SSSR count). The smallest absolute Gasteiger partial charge is 0.329 e. The van der Waals surface area contributed by atoms with E-state index in [1.165, 1.54) is 19.3 Å². The molecule has 2 aromatic carbocycles. The number of benzene rings is 2. The Morgan fingerprint density at radius 2 is 1.59 bits per heavy atom. The van der Waals surface area contributed by atoms with Gasteiger partial charge in [-0.1, -0.05) is 87.6 Å². The van der Waals surface area contributed by atoms with Gasteiger partial charge in [0.1, 0.15) is 5.76 Å². The van der Waals surface area contributed by atoms with Crippen LogP contribution in [0.1, 0.15) is 56.6 Å². The molecule has 3 amide bonds. The van der Waals surface area contributed by atoms with Gasteiger partial charge in [-0.2, -0.15) is 0 Å². The number of carbonyl (C=O) groups excluding carboxylic acids is 2. The molecule has 152 valence electrons. The molecule has 0 aliphatic carbocycles. The monoisotopic (exact) mass is 392 g/mol. The number of anilines is 1. The van der Waals surface area contributed by atoms with Gasteiger partial charge < -0.3 is 10.4 Å². The number of urea groups is 1. The highest BCUT2D eigenvalue weighted by molar-refractivity contribution is 6.42. The lowest BCUT2D eigenvalue weighted by Gasteiger charge is -2.16. The van der Waals surface area contributed by atoms with E-state index in [2.05, 4.69) is 12.2 Å². The lowest BCUT2D eigenvalue weighted by molar-refractivity contribution is -0.112. The molecule has 0 radical (unpaired) electrons. The zero-order valence-corrected chi connectivity index (χ0v) is 16.9. The van der Waals surface area contributed by atoms with Crippen molar-refractivity contribution in [1.29, 1.82) is 0 Å². The van der Waals surface area contributed by atoms with Crippen LogP contribution in [-0.4, -0.2) is 23.6 Å². The Bertz CT molecular complexity index is 890. The first kappa shape index (κ1) is 20.6. The maximum atomic E-state index is 13.1. The standard InChI is InChI=1S/C24H28N2O3/c1-2-3-4-5-6-12-17-25-24(29)26-20-16-11-10-15-19(20)21(23(26)28)22(27)18-13-8-7-9-14-18/h7-11,13-16,27H,2-6,12,17H2,1H3,(H,25,29). The second kappa shape index (κ2) is 9.92. The molecule has 1 aliphatic heterocycles. The third kappa shape index (κ3) is 4.67. The SMILES string of the molecule is CCCCCCCCNC(=O)N1C(=O)C(=C(O)c2ccccc2)c2ccccc21. The number of hydrogen-bond acceptors (Lipinski definition) is 3. The Kier molecular flexibility index (Phi) is 7.06. The molecule has 0 saturated carbocycles. The highest BCUT2D eigenvalue weighted by atomic mass is 16.3. The van der Waals surface area contributed by atoms with Crippen molar-refractivity contribution < 1.29 is 14.7 Å². The van der Waals surface area contributed by atoms with Crippen molar-refractivity contribution in [1.82, 2.24) is 5.32 Å². The molecule has 1 aliphatic rings. The Balaban J connectivity index is 1.74. The van der Waals surface area contributed by atoms with Gasteiger partial charge in [0.15, 0.2) is 0 Å². The summed E-state index contributed by atoms with van der Waals surface area (Å²) in [7, 11) is 0. The van der Waals surface area contributed by atoms with E-state index in [9.17, 15) is 14.7 Å². The van der Waals surface area contributed by atoms with Crippen molar-refractivity contribution in [3.8, 4) is 0 Å². The quantitative estimate of drug-likeness (QED) is 0.352. The van der Waals surface area contributed by atoms with Gasteiger partial charge in [0.05, 0.1) is 11.3 Å². The van der Waals surface area contributed by atoms with E-state index < -0.39 is 11.9 Å². The first-order valence-electron chi connectivity index (χ1n) is 10.4. The molecule has 0 unspecified atom stereocenters. The second-order valence-electron chi connectivity index (χ2n) is 7.25. The molecule has 0 aromatic heterocycles. The van der Waals surface area contributed by atoms with E-state index in [0.717, 1.165) is 24.2 Å². The number of rotatable bonds is 8. The highest BCUT2D eigenvalue weighted by Gasteiger charge is 2.38. The maximum Gasteiger partial charge on any atom is 0.329 e. The summed E-state index contributed by atoms with van der Waals surface area (Å²) in [5, 5.41) is 13.6. The summed E-state index contributed by atoms with van der Waals surface area (Å²) >= 11 is 0. The molecule has 0 bridgehead atoms. The third-order valence-corrected chi connectivity index (χ3v) is 5.12. The molecule has 0 fully saturated rings. The summed E-state index contributed by atoms with van der Waals surface area (Å²) < 4.78 is 0. The fourth-order valence-corrected chi connectivity index (χ4v) is 3.57. The van der Waals surface area contributed by atoms with E-state index in [0.29, 0.717) is 23.4 Å². The van der Waals surface area contributed by atoms with Crippen LogP contribution in [0.2, 0.25) is 0 Å². The van der Waals surface area contributed by atoms with Crippen LogP contribution >= 0.6 is 0 Å². The van der Waals surface area contributed by atoms with Crippen molar-refractivity contribution in [3.05, 3.63) is 65.7 Å². The maximum absolute atomic E-state index is 13.1. The molecule has 0 saturated heterocycles. The number of aliphatic hydroxyl groups is 1. The van der Waals surface area contributed by atoms with Gasteiger partial charge in [-0.25, -0.2) is 9.69 Å². The molecule has 0 spiro atoms. The Morgan fingerprint density at radius 1 is 0.931 bits per heavy atom. The summed E-state index contributed by atoms with van der Waals surface area (Å²) in [6.07, 6.45) is 6.77. The molecule has 29 heavy (non-hydrogen) atoms. The Labute approximate surface area is 172 Å². The average Bonchev–Trinajstić information content (AvgIpc) is 3.05. The van der Waals surface area contributed by atoms with Gasteiger partial charge in [0, 0.05) is 17.7 Å². The van der Waals surface area contributed by atoms with Crippen LogP contribution in [0.5, 0.6) is 0 Å². The number of nitrogens with zero attached hydrogens (tertiary/aromatic N) is 1. The summed E-state index contributed by atoms with van der Waals surface area (Å²) in [4.78, 5) is 26.9. The number of para-hydroxylation sites is 1. The van der Waals surface area contributed by atoms with Gasteiger partial charge in [0.25, 0.3) is 5.91 Å². The van der Waals surface area contributed by atoms with Crippen molar-refractivity contribution in [2.75, 3.05) is 11.4 Å². The van der Waals surface area contributed by atoms with Crippen molar-refractivity contribution in [2.45, 2.75) is 45.4 Å². The lowest BCUT2D eigenvalue weighted by Crippen LogP contribution is -2.42. The van der Waals surface area contributed by atoms with Crippen LogP contribution in [-0.2, 0) is 4.79 Å². The van der Waals surface area contributed by atoms with Crippen molar-refractivity contribution in [2.24, 2.45) is 0 Å². The number of aliphatic hydroxyl groups excluding tert-OH is 1. The van der Waals surface area contributed by atoms with Gasteiger partial charge in [-0.15, -0.1) is 0 Å². The van der Waals surface area contributed by atoms with Crippen LogP contribution in [0.4, 0.5) is 10.5 Å². The first-order chi connectivity index (χ1) is 14.1. The first-order valence-corrected chi connectivity index (χ1v) is 10.4. The number of imide groups is 1.